The number of hydrogen-bond acceptors (Lipinski definition) is 6. The Labute approximate surface area is 213 Å². The number of amides is 2. The van der Waals surface area contributed by atoms with E-state index in [4.69, 9.17) is 9.47 Å². The van der Waals surface area contributed by atoms with E-state index in [-0.39, 0.29) is 18.2 Å². The fourth-order valence-corrected chi connectivity index (χ4v) is 5.06. The monoisotopic (exact) mass is 517 g/mol. The summed E-state index contributed by atoms with van der Waals surface area (Å²) in [6, 6.07) is 11.7. The first-order valence-corrected chi connectivity index (χ1v) is 13.8. The van der Waals surface area contributed by atoms with Crippen molar-refractivity contribution in [2.75, 3.05) is 36.4 Å². The molecule has 0 spiro atoms. The standard InChI is InChI=1S/C26H35N3O6S/c1-5-22(26(31)27-6-2)28(17-20-10-8-19(4)9-11-20)25(30)18-29(36(32,33)7-3)21-12-13-23-24(16-21)35-15-14-34-23/h8-13,16,22H,5-7,14-15,17-18H2,1-4H3,(H,27,31)/t22-/m0/s1. The molecule has 0 fully saturated rings. The van der Waals surface area contributed by atoms with Crippen LogP contribution in [-0.2, 0) is 26.2 Å². The average Bonchev–Trinajstić information content (AvgIpc) is 2.88. The molecule has 3 rings (SSSR count). The molecule has 0 unspecified atom stereocenters. The van der Waals surface area contributed by atoms with E-state index in [1.165, 1.54) is 11.8 Å². The maximum Gasteiger partial charge on any atom is 0.244 e. The van der Waals surface area contributed by atoms with Crippen molar-refractivity contribution < 1.29 is 27.5 Å². The second kappa shape index (κ2) is 12.1. The van der Waals surface area contributed by atoms with E-state index in [1.807, 2.05) is 45.0 Å². The summed E-state index contributed by atoms with van der Waals surface area (Å²) in [7, 11) is -3.82. The molecule has 1 aliphatic rings. The molecule has 1 aliphatic heterocycles. The van der Waals surface area contributed by atoms with Gasteiger partial charge in [0.2, 0.25) is 21.8 Å². The van der Waals surface area contributed by atoms with Crippen LogP contribution in [0.1, 0.15) is 38.3 Å². The zero-order valence-corrected chi connectivity index (χ0v) is 22.1. The van der Waals surface area contributed by atoms with Crippen LogP contribution in [0.2, 0.25) is 0 Å². The van der Waals surface area contributed by atoms with E-state index in [1.54, 1.807) is 18.2 Å². The highest BCUT2D eigenvalue weighted by atomic mass is 32.2. The van der Waals surface area contributed by atoms with Crippen LogP contribution in [0.5, 0.6) is 11.5 Å². The number of fused-ring (bicyclic) bond motifs is 1. The zero-order valence-electron chi connectivity index (χ0n) is 21.3. The first-order chi connectivity index (χ1) is 17.2. The summed E-state index contributed by atoms with van der Waals surface area (Å²) in [5, 5.41) is 2.79. The third kappa shape index (κ3) is 6.48. The van der Waals surface area contributed by atoms with Gasteiger partial charge in [-0.25, -0.2) is 8.42 Å². The smallest absolute Gasteiger partial charge is 0.244 e. The van der Waals surface area contributed by atoms with Crippen LogP contribution in [0.4, 0.5) is 5.69 Å². The van der Waals surface area contributed by atoms with Gasteiger partial charge in [0.05, 0.1) is 11.4 Å². The van der Waals surface area contributed by atoms with Gasteiger partial charge in [0.1, 0.15) is 25.8 Å². The van der Waals surface area contributed by atoms with Crippen molar-refractivity contribution in [2.45, 2.75) is 46.7 Å². The number of sulfonamides is 1. The third-order valence-corrected chi connectivity index (χ3v) is 7.74. The molecule has 0 saturated carbocycles. The van der Waals surface area contributed by atoms with Crippen molar-refractivity contribution in [3.63, 3.8) is 0 Å². The summed E-state index contributed by atoms with van der Waals surface area (Å²) in [5.74, 6) is 0.00624. The highest BCUT2D eigenvalue weighted by Gasteiger charge is 2.32. The molecule has 2 amide bonds. The summed E-state index contributed by atoms with van der Waals surface area (Å²) in [6.45, 7) is 8.06. The minimum absolute atomic E-state index is 0.176. The number of aryl methyl sites for hydroxylation is 1. The van der Waals surface area contributed by atoms with E-state index < -0.39 is 28.5 Å². The molecular weight excluding hydrogens is 482 g/mol. The Hall–Kier alpha value is -3.27. The van der Waals surface area contributed by atoms with Crippen molar-refractivity contribution in [3.05, 3.63) is 53.6 Å². The van der Waals surface area contributed by atoms with Crippen LogP contribution in [-0.4, -0.2) is 63.2 Å². The SMILES string of the molecule is CCNC(=O)[C@H](CC)N(Cc1ccc(C)cc1)C(=O)CN(c1ccc2c(c1)OCCO2)S(=O)(=O)CC. The van der Waals surface area contributed by atoms with Gasteiger partial charge < -0.3 is 19.7 Å². The van der Waals surface area contributed by atoms with E-state index >= 15 is 0 Å². The van der Waals surface area contributed by atoms with E-state index in [2.05, 4.69) is 5.32 Å². The Kier molecular flexibility index (Phi) is 9.19. The number of benzene rings is 2. The number of likely N-dealkylation sites (N-methyl/N-ethyl adjacent to an activating group) is 1. The first-order valence-electron chi connectivity index (χ1n) is 12.2. The average molecular weight is 518 g/mol. The Balaban J connectivity index is 1.97. The normalized spacial score (nSPS) is 13.6. The number of carbonyl (C=O) groups excluding carboxylic acids is 2. The molecule has 2 aromatic carbocycles. The molecule has 36 heavy (non-hydrogen) atoms. The zero-order chi connectivity index (χ0) is 26.3. The predicted octanol–water partition coefficient (Wildman–Crippen LogP) is 2.87. The summed E-state index contributed by atoms with van der Waals surface area (Å²) >= 11 is 0. The number of carbonyl (C=O) groups is 2. The lowest BCUT2D eigenvalue weighted by Crippen LogP contribution is -2.52. The van der Waals surface area contributed by atoms with Gasteiger partial charge >= 0.3 is 0 Å². The van der Waals surface area contributed by atoms with Crippen LogP contribution in [0.3, 0.4) is 0 Å². The van der Waals surface area contributed by atoms with Crippen molar-refractivity contribution in [2.24, 2.45) is 0 Å². The number of nitrogens with one attached hydrogen (secondary N) is 1. The summed E-state index contributed by atoms with van der Waals surface area (Å²) in [5.41, 5.74) is 2.22. The number of anilines is 1. The molecular formula is C26H35N3O6S. The Bertz CT molecular complexity index is 1170. The number of ether oxygens (including phenoxy) is 2. The molecule has 9 nitrogen and oxygen atoms in total. The molecule has 0 bridgehead atoms. The van der Waals surface area contributed by atoms with Gasteiger partial charge in [-0.15, -0.1) is 0 Å². The quantitative estimate of drug-likeness (QED) is 0.492. The molecule has 1 atom stereocenters. The first kappa shape index (κ1) is 27.3. The van der Waals surface area contributed by atoms with Gasteiger partial charge in [0.25, 0.3) is 0 Å². The molecule has 196 valence electrons. The van der Waals surface area contributed by atoms with Crippen LogP contribution >= 0.6 is 0 Å². The maximum atomic E-state index is 13.7. The van der Waals surface area contributed by atoms with Gasteiger partial charge in [0.15, 0.2) is 11.5 Å². The minimum Gasteiger partial charge on any atom is -0.486 e. The van der Waals surface area contributed by atoms with Crippen molar-refractivity contribution >= 4 is 27.5 Å². The molecule has 2 aromatic rings. The van der Waals surface area contributed by atoms with Gasteiger partial charge in [0, 0.05) is 19.2 Å². The van der Waals surface area contributed by atoms with E-state index in [0.717, 1.165) is 15.4 Å². The number of nitrogens with zero attached hydrogens (tertiary/aromatic N) is 2. The predicted molar refractivity (Wildman–Crippen MR) is 139 cm³/mol. The molecule has 0 aliphatic carbocycles. The van der Waals surface area contributed by atoms with Crippen LogP contribution in [0, 0.1) is 6.92 Å². The minimum atomic E-state index is -3.82. The number of hydrogen-bond donors (Lipinski definition) is 1. The largest absolute Gasteiger partial charge is 0.486 e. The van der Waals surface area contributed by atoms with Gasteiger partial charge in [-0.05, 0) is 44.9 Å². The summed E-state index contributed by atoms with van der Waals surface area (Å²) < 4.78 is 38.5. The molecule has 1 heterocycles. The molecule has 10 heteroatoms. The van der Waals surface area contributed by atoms with Crippen molar-refractivity contribution in [1.82, 2.24) is 10.2 Å². The third-order valence-electron chi connectivity index (χ3n) is 6.00. The van der Waals surface area contributed by atoms with E-state index in [9.17, 15) is 18.0 Å². The van der Waals surface area contributed by atoms with E-state index in [0.29, 0.717) is 43.4 Å². The Morgan fingerprint density at radius 1 is 1.00 bits per heavy atom. The Morgan fingerprint density at radius 2 is 1.67 bits per heavy atom. The molecule has 1 N–H and O–H groups in total. The highest BCUT2D eigenvalue weighted by molar-refractivity contribution is 7.92. The van der Waals surface area contributed by atoms with Crippen LogP contribution in [0.25, 0.3) is 0 Å². The van der Waals surface area contributed by atoms with Gasteiger partial charge in [-0.3, -0.25) is 13.9 Å². The summed E-state index contributed by atoms with van der Waals surface area (Å²) in [4.78, 5) is 28.1. The molecule has 0 saturated heterocycles. The van der Waals surface area contributed by atoms with Crippen LogP contribution < -0.4 is 19.1 Å². The van der Waals surface area contributed by atoms with Crippen molar-refractivity contribution in [3.8, 4) is 11.5 Å². The highest BCUT2D eigenvalue weighted by Crippen LogP contribution is 2.35. The topological polar surface area (TPSA) is 105 Å². The maximum absolute atomic E-state index is 13.7. The molecule has 0 aromatic heterocycles. The Morgan fingerprint density at radius 3 is 2.28 bits per heavy atom. The summed E-state index contributed by atoms with van der Waals surface area (Å²) in [6.07, 6.45) is 0.383. The van der Waals surface area contributed by atoms with Gasteiger partial charge in [-0.2, -0.15) is 0 Å². The second-order valence-electron chi connectivity index (χ2n) is 8.56. The van der Waals surface area contributed by atoms with Gasteiger partial charge in [-0.1, -0.05) is 36.8 Å². The lowest BCUT2D eigenvalue weighted by molar-refractivity contribution is -0.140. The number of rotatable bonds is 11. The fraction of sp³-hybridized carbons (Fsp3) is 0.462. The lowest BCUT2D eigenvalue weighted by Gasteiger charge is -2.33. The van der Waals surface area contributed by atoms with Crippen LogP contribution in [0.15, 0.2) is 42.5 Å². The lowest BCUT2D eigenvalue weighted by atomic mass is 10.1. The second-order valence-corrected chi connectivity index (χ2v) is 10.7. The molecule has 0 radical (unpaired) electrons. The van der Waals surface area contributed by atoms with Crippen molar-refractivity contribution in [1.29, 1.82) is 0 Å². The fourth-order valence-electron chi connectivity index (χ4n) is 4.01.